The van der Waals surface area contributed by atoms with E-state index in [0.717, 1.165) is 18.2 Å². The largest absolute Gasteiger partial charge is 0.416 e. The van der Waals surface area contributed by atoms with E-state index < -0.39 is 23.6 Å². The molecule has 2 amide bonds. The van der Waals surface area contributed by atoms with Crippen LogP contribution in [-0.2, 0) is 17.5 Å². The Balaban J connectivity index is 1.85. The highest BCUT2D eigenvalue weighted by molar-refractivity contribution is 5.96. The first-order valence-electron chi connectivity index (χ1n) is 10.5. The summed E-state index contributed by atoms with van der Waals surface area (Å²) < 4.78 is 38.4. The number of aryl methyl sites for hydroxylation is 2. The first kappa shape index (κ1) is 25.4. The summed E-state index contributed by atoms with van der Waals surface area (Å²) in [5, 5.41) is 8.60. The van der Waals surface area contributed by atoms with Crippen LogP contribution in [0.4, 0.5) is 13.2 Å². The van der Waals surface area contributed by atoms with Gasteiger partial charge in [-0.3, -0.25) is 9.59 Å². The highest BCUT2D eigenvalue weighted by atomic mass is 19.4. The molecule has 3 N–H and O–H groups in total. The maximum Gasteiger partial charge on any atom is 0.416 e. The Hall–Kier alpha value is -2.87. The van der Waals surface area contributed by atoms with Crippen molar-refractivity contribution in [2.45, 2.75) is 46.5 Å². The maximum atomic E-state index is 12.8. The number of benzene rings is 2. The van der Waals surface area contributed by atoms with Gasteiger partial charge in [-0.05, 0) is 49.1 Å². The Morgan fingerprint density at radius 2 is 1.75 bits per heavy atom. The smallest absolute Gasteiger partial charge is 0.350 e. The molecule has 8 heteroatoms. The normalized spacial score (nSPS) is 12.5. The summed E-state index contributed by atoms with van der Waals surface area (Å²) >= 11 is 0. The lowest BCUT2D eigenvalue weighted by Gasteiger charge is -2.23. The molecule has 0 aliphatic heterocycles. The Kier molecular flexibility index (Phi) is 8.83. The monoisotopic (exact) mass is 449 g/mol. The highest BCUT2D eigenvalue weighted by Crippen LogP contribution is 2.29. The number of carbonyl (C=O) groups excluding carboxylic acids is 2. The lowest BCUT2D eigenvalue weighted by atomic mass is 10.0. The molecule has 0 bridgehead atoms. The number of hydrogen-bond acceptors (Lipinski definition) is 3. The molecule has 0 aromatic heterocycles. The molecule has 0 aliphatic rings. The zero-order chi connectivity index (χ0) is 23.9. The van der Waals surface area contributed by atoms with E-state index >= 15 is 0 Å². The third-order valence-corrected chi connectivity index (χ3v) is 5.19. The van der Waals surface area contributed by atoms with E-state index in [-0.39, 0.29) is 24.1 Å². The van der Waals surface area contributed by atoms with Gasteiger partial charge in [-0.1, -0.05) is 43.7 Å². The van der Waals surface area contributed by atoms with Crippen LogP contribution < -0.4 is 16.0 Å². The minimum absolute atomic E-state index is 0.143. The van der Waals surface area contributed by atoms with Crippen molar-refractivity contribution >= 4 is 11.8 Å². The van der Waals surface area contributed by atoms with Gasteiger partial charge in [0, 0.05) is 24.7 Å². The van der Waals surface area contributed by atoms with Crippen LogP contribution >= 0.6 is 0 Å². The number of nitrogens with one attached hydrogen (secondary N) is 3. The van der Waals surface area contributed by atoms with Crippen molar-refractivity contribution in [3.05, 3.63) is 70.3 Å². The maximum absolute atomic E-state index is 12.8. The second-order valence-electron chi connectivity index (χ2n) is 8.24. The van der Waals surface area contributed by atoms with E-state index in [1.165, 1.54) is 22.8 Å². The van der Waals surface area contributed by atoms with Gasteiger partial charge in [0.2, 0.25) is 5.91 Å². The number of carbonyl (C=O) groups is 2. The first-order chi connectivity index (χ1) is 15.0. The molecule has 0 heterocycles. The van der Waals surface area contributed by atoms with Crippen molar-refractivity contribution in [3.8, 4) is 0 Å². The molecule has 0 aliphatic carbocycles. The highest BCUT2D eigenvalue weighted by Gasteiger charge is 2.31. The van der Waals surface area contributed by atoms with Crippen LogP contribution in [0.3, 0.4) is 0 Å². The molecule has 174 valence electrons. The molecular weight excluding hydrogens is 419 g/mol. The summed E-state index contributed by atoms with van der Waals surface area (Å²) in [6.45, 7) is 8.93. The number of halogens is 3. The minimum Gasteiger partial charge on any atom is -0.350 e. The third-order valence-electron chi connectivity index (χ3n) is 5.19. The second-order valence-corrected chi connectivity index (χ2v) is 8.24. The number of alkyl halides is 3. The molecule has 1 atom stereocenters. The van der Waals surface area contributed by atoms with Gasteiger partial charge >= 0.3 is 6.18 Å². The lowest BCUT2D eigenvalue weighted by molar-refractivity contribution is -0.137. The molecule has 5 nitrogen and oxygen atoms in total. The predicted molar refractivity (Wildman–Crippen MR) is 118 cm³/mol. The van der Waals surface area contributed by atoms with E-state index in [1.807, 2.05) is 20.8 Å². The lowest BCUT2D eigenvalue weighted by Crippen LogP contribution is -2.48. The molecule has 32 heavy (non-hydrogen) atoms. The molecule has 0 saturated heterocycles. The number of rotatable bonds is 9. The molecule has 0 fully saturated rings. The molecule has 0 unspecified atom stereocenters. The van der Waals surface area contributed by atoms with Crippen LogP contribution in [0.2, 0.25) is 0 Å². The SMILES string of the molecule is Cc1ccc(CNC[C@H](NC(=O)CNC(=O)c2cccc(C(F)(F)F)c2)C(C)C)c(C)c1. The predicted octanol–water partition coefficient (Wildman–Crippen LogP) is 3.98. The van der Waals surface area contributed by atoms with Crippen molar-refractivity contribution < 1.29 is 22.8 Å². The van der Waals surface area contributed by atoms with E-state index in [2.05, 4.69) is 41.1 Å². The van der Waals surface area contributed by atoms with E-state index in [0.29, 0.717) is 13.1 Å². The zero-order valence-electron chi connectivity index (χ0n) is 18.8. The quantitative estimate of drug-likeness (QED) is 0.542. The number of hydrogen-bond donors (Lipinski definition) is 3. The Bertz CT molecular complexity index is 942. The summed E-state index contributed by atoms with van der Waals surface area (Å²) in [7, 11) is 0. The summed E-state index contributed by atoms with van der Waals surface area (Å²) in [5.74, 6) is -0.998. The summed E-state index contributed by atoms with van der Waals surface area (Å²) in [4.78, 5) is 24.5. The molecule has 0 radical (unpaired) electrons. The van der Waals surface area contributed by atoms with Crippen LogP contribution in [0.25, 0.3) is 0 Å². The van der Waals surface area contributed by atoms with Crippen LogP contribution in [-0.4, -0.2) is 30.9 Å². The van der Waals surface area contributed by atoms with Crippen molar-refractivity contribution in [3.63, 3.8) is 0 Å². The molecule has 2 aromatic carbocycles. The Morgan fingerprint density at radius 1 is 1.03 bits per heavy atom. The fourth-order valence-electron chi connectivity index (χ4n) is 3.22. The fraction of sp³-hybridized carbons (Fsp3) is 0.417. The van der Waals surface area contributed by atoms with Crippen LogP contribution in [0.5, 0.6) is 0 Å². The average molecular weight is 450 g/mol. The number of amides is 2. The van der Waals surface area contributed by atoms with Gasteiger partial charge in [-0.2, -0.15) is 13.2 Å². The summed E-state index contributed by atoms with van der Waals surface area (Å²) in [6, 6.07) is 10.2. The van der Waals surface area contributed by atoms with Crippen molar-refractivity contribution in [1.29, 1.82) is 0 Å². The average Bonchev–Trinajstić information content (AvgIpc) is 2.72. The van der Waals surface area contributed by atoms with Crippen LogP contribution in [0.15, 0.2) is 42.5 Å². The van der Waals surface area contributed by atoms with Gasteiger partial charge in [0.25, 0.3) is 5.91 Å². The van der Waals surface area contributed by atoms with Gasteiger partial charge in [-0.25, -0.2) is 0 Å². The minimum atomic E-state index is -4.54. The van der Waals surface area contributed by atoms with E-state index in [1.54, 1.807) is 0 Å². The van der Waals surface area contributed by atoms with Crippen molar-refractivity contribution in [1.82, 2.24) is 16.0 Å². The molecular formula is C24H30F3N3O2. The summed E-state index contributed by atoms with van der Waals surface area (Å²) in [5.41, 5.74) is 2.51. The summed E-state index contributed by atoms with van der Waals surface area (Å²) in [6.07, 6.45) is -4.54. The van der Waals surface area contributed by atoms with E-state index in [9.17, 15) is 22.8 Å². The molecule has 2 aromatic rings. The molecule has 0 spiro atoms. The van der Waals surface area contributed by atoms with Gasteiger partial charge < -0.3 is 16.0 Å². The van der Waals surface area contributed by atoms with Gasteiger partial charge in [0.1, 0.15) is 0 Å². The molecule has 2 rings (SSSR count). The van der Waals surface area contributed by atoms with Crippen LogP contribution in [0, 0.1) is 19.8 Å². The standard InChI is InChI=1S/C24H30F3N3O2/c1-15(2)21(13-28-12-19-9-8-16(3)10-17(19)4)30-22(31)14-29-23(32)18-6-5-7-20(11-18)24(25,26)27/h5-11,15,21,28H,12-14H2,1-4H3,(H,29,32)(H,30,31)/t21-/m0/s1. The zero-order valence-corrected chi connectivity index (χ0v) is 18.8. The van der Waals surface area contributed by atoms with Crippen molar-refractivity contribution in [2.75, 3.05) is 13.1 Å². The Labute approximate surface area is 186 Å². The van der Waals surface area contributed by atoms with Gasteiger partial charge in [0.15, 0.2) is 0 Å². The van der Waals surface area contributed by atoms with E-state index in [4.69, 9.17) is 0 Å². The fourth-order valence-corrected chi connectivity index (χ4v) is 3.22. The van der Waals surface area contributed by atoms with Crippen LogP contribution in [0.1, 0.15) is 46.5 Å². The van der Waals surface area contributed by atoms with Gasteiger partial charge in [0.05, 0.1) is 12.1 Å². The van der Waals surface area contributed by atoms with Gasteiger partial charge in [-0.15, -0.1) is 0 Å². The third kappa shape index (κ3) is 7.67. The molecule has 0 saturated carbocycles. The topological polar surface area (TPSA) is 70.2 Å². The Morgan fingerprint density at radius 3 is 2.38 bits per heavy atom. The second kappa shape index (κ2) is 11.1. The van der Waals surface area contributed by atoms with Crippen molar-refractivity contribution in [2.24, 2.45) is 5.92 Å². The first-order valence-corrected chi connectivity index (χ1v) is 10.5.